The Bertz CT molecular complexity index is 244. The lowest BCUT2D eigenvalue weighted by molar-refractivity contribution is 0.0742. The molecule has 1 aliphatic rings. The molecule has 11 heavy (non-hydrogen) atoms. The van der Waals surface area contributed by atoms with E-state index in [-0.39, 0.29) is 12.5 Å². The zero-order valence-electron chi connectivity index (χ0n) is 6.12. The molecule has 2 rings (SSSR count). The number of fused-ring (bicyclic) bond motifs is 1. The van der Waals surface area contributed by atoms with Crippen molar-refractivity contribution in [3.8, 4) is 0 Å². The Labute approximate surface area is 69.4 Å². The van der Waals surface area contributed by atoms with Gasteiger partial charge in [-0.15, -0.1) is 11.3 Å². The third kappa shape index (κ3) is 1.20. The summed E-state index contributed by atoms with van der Waals surface area (Å²) in [5, 5.41) is 11.0. The van der Waals surface area contributed by atoms with Gasteiger partial charge in [0, 0.05) is 10.8 Å². The lowest BCUT2D eigenvalue weighted by atomic mass is 10.0. The van der Waals surface area contributed by atoms with Gasteiger partial charge in [-0.25, -0.2) is 0 Å². The lowest BCUT2D eigenvalue weighted by Gasteiger charge is -2.20. The number of hydrogen-bond acceptors (Lipinski definition) is 3. The summed E-state index contributed by atoms with van der Waals surface area (Å²) < 4.78 is 5.30. The van der Waals surface area contributed by atoms with Gasteiger partial charge >= 0.3 is 0 Å². The van der Waals surface area contributed by atoms with Crippen molar-refractivity contribution in [2.75, 3.05) is 13.2 Å². The topological polar surface area (TPSA) is 29.5 Å². The summed E-state index contributed by atoms with van der Waals surface area (Å²) in [6.07, 6.45) is 0. The van der Waals surface area contributed by atoms with Crippen LogP contribution in [-0.2, 0) is 11.3 Å². The zero-order valence-corrected chi connectivity index (χ0v) is 6.93. The Balaban J connectivity index is 2.32. The molecule has 1 unspecified atom stereocenters. The second-order valence-corrected chi connectivity index (χ2v) is 3.65. The molecule has 0 aliphatic carbocycles. The van der Waals surface area contributed by atoms with Crippen LogP contribution in [0.4, 0.5) is 0 Å². The fourth-order valence-corrected chi connectivity index (χ4v) is 2.34. The number of rotatable bonds is 1. The molecule has 1 atom stereocenters. The van der Waals surface area contributed by atoms with E-state index in [0.717, 1.165) is 6.61 Å². The molecule has 0 radical (unpaired) electrons. The van der Waals surface area contributed by atoms with Crippen molar-refractivity contribution in [3.63, 3.8) is 0 Å². The summed E-state index contributed by atoms with van der Waals surface area (Å²) in [7, 11) is 0. The first kappa shape index (κ1) is 7.28. The molecule has 0 amide bonds. The van der Waals surface area contributed by atoms with Crippen molar-refractivity contribution < 1.29 is 9.84 Å². The van der Waals surface area contributed by atoms with Gasteiger partial charge in [-0.05, 0) is 17.0 Å². The van der Waals surface area contributed by atoms with Crippen LogP contribution in [0.1, 0.15) is 16.4 Å². The average molecular weight is 170 g/mol. The zero-order chi connectivity index (χ0) is 7.68. The Morgan fingerprint density at radius 3 is 3.45 bits per heavy atom. The van der Waals surface area contributed by atoms with E-state index in [1.54, 1.807) is 11.3 Å². The third-order valence-electron chi connectivity index (χ3n) is 1.95. The molecule has 1 aromatic heterocycles. The maximum atomic E-state index is 8.98. The molecule has 2 heterocycles. The number of aliphatic hydroxyl groups excluding tert-OH is 1. The smallest absolute Gasteiger partial charge is 0.0728 e. The monoisotopic (exact) mass is 170 g/mol. The predicted octanol–water partition coefficient (Wildman–Crippen LogP) is 1.35. The van der Waals surface area contributed by atoms with Crippen molar-refractivity contribution in [1.82, 2.24) is 0 Å². The molecule has 1 aliphatic heterocycles. The highest BCUT2D eigenvalue weighted by Gasteiger charge is 2.20. The summed E-state index contributed by atoms with van der Waals surface area (Å²) in [4.78, 5) is 1.30. The molecule has 0 saturated carbocycles. The minimum Gasteiger partial charge on any atom is -0.396 e. The largest absolute Gasteiger partial charge is 0.396 e. The first-order chi connectivity index (χ1) is 5.42. The van der Waals surface area contributed by atoms with Crippen LogP contribution in [0.2, 0.25) is 0 Å². The second kappa shape index (κ2) is 2.93. The van der Waals surface area contributed by atoms with Crippen LogP contribution in [0.5, 0.6) is 0 Å². The van der Waals surface area contributed by atoms with E-state index in [4.69, 9.17) is 9.84 Å². The predicted molar refractivity (Wildman–Crippen MR) is 43.8 cm³/mol. The Morgan fingerprint density at radius 1 is 1.73 bits per heavy atom. The van der Waals surface area contributed by atoms with Crippen molar-refractivity contribution in [1.29, 1.82) is 0 Å². The summed E-state index contributed by atoms with van der Waals surface area (Å²) in [6.45, 7) is 1.59. The van der Waals surface area contributed by atoms with Gasteiger partial charge in [0.2, 0.25) is 0 Å². The van der Waals surface area contributed by atoms with Crippen LogP contribution in [0, 0.1) is 0 Å². The fourth-order valence-electron chi connectivity index (χ4n) is 1.35. The molecule has 1 N–H and O–H groups in total. The number of ether oxygens (including phenoxy) is 1. The van der Waals surface area contributed by atoms with Crippen LogP contribution in [-0.4, -0.2) is 18.3 Å². The standard InChI is InChI=1S/C8H10O2S/c9-3-7-5-10-4-6-1-2-11-8(6)7/h1-2,7,9H,3-5H2. The van der Waals surface area contributed by atoms with E-state index in [9.17, 15) is 0 Å². The Hall–Kier alpha value is -0.380. The molecule has 3 heteroatoms. The highest BCUT2D eigenvalue weighted by molar-refractivity contribution is 7.10. The van der Waals surface area contributed by atoms with Crippen LogP contribution in [0.3, 0.4) is 0 Å². The summed E-state index contributed by atoms with van der Waals surface area (Å²) in [5.74, 6) is 0.221. The quantitative estimate of drug-likeness (QED) is 0.689. The maximum absolute atomic E-state index is 8.98. The van der Waals surface area contributed by atoms with Crippen molar-refractivity contribution in [2.24, 2.45) is 0 Å². The van der Waals surface area contributed by atoms with Gasteiger partial charge in [-0.2, -0.15) is 0 Å². The minimum absolute atomic E-state index is 0.202. The number of thiophene rings is 1. The molecule has 0 aromatic carbocycles. The molecule has 0 spiro atoms. The van der Waals surface area contributed by atoms with E-state index < -0.39 is 0 Å². The third-order valence-corrected chi connectivity index (χ3v) is 3.07. The molecular weight excluding hydrogens is 160 g/mol. The van der Waals surface area contributed by atoms with Crippen LogP contribution >= 0.6 is 11.3 Å². The van der Waals surface area contributed by atoms with Gasteiger partial charge in [-0.3, -0.25) is 0 Å². The lowest BCUT2D eigenvalue weighted by Crippen LogP contribution is -2.17. The van der Waals surface area contributed by atoms with E-state index in [1.165, 1.54) is 10.4 Å². The number of hydrogen-bond donors (Lipinski definition) is 1. The fraction of sp³-hybridized carbons (Fsp3) is 0.500. The molecule has 0 saturated heterocycles. The van der Waals surface area contributed by atoms with Gasteiger partial charge in [-0.1, -0.05) is 0 Å². The van der Waals surface area contributed by atoms with E-state index in [1.807, 2.05) is 0 Å². The molecular formula is C8H10O2S. The van der Waals surface area contributed by atoms with Gasteiger partial charge in [0.15, 0.2) is 0 Å². The summed E-state index contributed by atoms with van der Waals surface area (Å²) >= 11 is 1.72. The van der Waals surface area contributed by atoms with Crippen LogP contribution in [0.15, 0.2) is 11.4 Å². The first-order valence-electron chi connectivity index (χ1n) is 3.66. The first-order valence-corrected chi connectivity index (χ1v) is 4.54. The molecule has 60 valence electrons. The minimum atomic E-state index is 0.202. The van der Waals surface area contributed by atoms with Crippen LogP contribution < -0.4 is 0 Å². The maximum Gasteiger partial charge on any atom is 0.0728 e. The van der Waals surface area contributed by atoms with Gasteiger partial charge in [0.1, 0.15) is 0 Å². The van der Waals surface area contributed by atoms with E-state index in [2.05, 4.69) is 11.4 Å². The second-order valence-electron chi connectivity index (χ2n) is 2.70. The van der Waals surface area contributed by atoms with Crippen LogP contribution in [0.25, 0.3) is 0 Å². The molecule has 0 fully saturated rings. The average Bonchev–Trinajstić information content (AvgIpc) is 2.50. The van der Waals surface area contributed by atoms with E-state index >= 15 is 0 Å². The van der Waals surface area contributed by atoms with Gasteiger partial charge < -0.3 is 9.84 Å². The molecule has 0 bridgehead atoms. The molecule has 2 nitrogen and oxygen atoms in total. The normalized spacial score (nSPS) is 23.2. The highest BCUT2D eigenvalue weighted by atomic mass is 32.1. The SMILES string of the molecule is OCC1COCc2ccsc21. The van der Waals surface area contributed by atoms with Crippen molar-refractivity contribution in [2.45, 2.75) is 12.5 Å². The van der Waals surface area contributed by atoms with Crippen molar-refractivity contribution in [3.05, 3.63) is 21.9 Å². The highest BCUT2D eigenvalue weighted by Crippen LogP contribution is 2.30. The van der Waals surface area contributed by atoms with Crippen molar-refractivity contribution >= 4 is 11.3 Å². The Kier molecular flexibility index (Phi) is 1.94. The van der Waals surface area contributed by atoms with E-state index in [0.29, 0.717) is 6.61 Å². The molecule has 1 aromatic rings. The summed E-state index contributed by atoms with van der Waals surface area (Å²) in [6, 6.07) is 2.07. The van der Waals surface area contributed by atoms with Gasteiger partial charge in [0.25, 0.3) is 0 Å². The summed E-state index contributed by atoms with van der Waals surface area (Å²) in [5.41, 5.74) is 1.25. The van der Waals surface area contributed by atoms with Gasteiger partial charge in [0.05, 0.1) is 19.8 Å². The Morgan fingerprint density at radius 2 is 2.64 bits per heavy atom. The number of aliphatic hydroxyl groups is 1.